The minimum Gasteiger partial charge on any atom is -0.371 e. The van der Waals surface area contributed by atoms with Crippen LogP contribution in [0.2, 0.25) is 0 Å². The van der Waals surface area contributed by atoms with Crippen molar-refractivity contribution < 1.29 is 0 Å². The van der Waals surface area contributed by atoms with E-state index in [4.69, 9.17) is 5.73 Å². The summed E-state index contributed by atoms with van der Waals surface area (Å²) in [6.45, 7) is 6.44. The van der Waals surface area contributed by atoms with Crippen molar-refractivity contribution in [3.8, 4) is 0 Å². The SMILES string of the molecule is Cc1ccccc1N(CCCN)CCC1CCCCN1C. The standard InChI is InChI=1S/C18H31N3/c1-16-8-3-4-10-18(16)21(14-7-12-19)15-11-17-9-5-6-13-20(17)2/h3-4,8,10,17H,5-7,9,11-15,19H2,1-2H3. The lowest BCUT2D eigenvalue weighted by molar-refractivity contribution is 0.177. The molecular formula is C18H31N3. The summed E-state index contributed by atoms with van der Waals surface area (Å²) in [7, 11) is 2.28. The Kier molecular flexibility index (Phi) is 6.52. The van der Waals surface area contributed by atoms with Crippen molar-refractivity contribution in [2.24, 2.45) is 5.73 Å². The van der Waals surface area contributed by atoms with E-state index in [1.54, 1.807) is 0 Å². The molecule has 0 spiro atoms. The second-order valence-electron chi connectivity index (χ2n) is 6.33. The molecule has 2 rings (SSSR count). The van der Waals surface area contributed by atoms with Crippen LogP contribution in [0.25, 0.3) is 0 Å². The molecule has 118 valence electrons. The third-order valence-corrected chi connectivity index (χ3v) is 4.74. The van der Waals surface area contributed by atoms with Gasteiger partial charge >= 0.3 is 0 Å². The van der Waals surface area contributed by atoms with Crippen LogP contribution in [0.1, 0.15) is 37.7 Å². The first-order valence-electron chi connectivity index (χ1n) is 8.43. The van der Waals surface area contributed by atoms with Gasteiger partial charge < -0.3 is 15.5 Å². The molecule has 0 saturated carbocycles. The Morgan fingerprint density at radius 2 is 2.05 bits per heavy atom. The number of nitrogens with zero attached hydrogens (tertiary/aromatic N) is 2. The molecule has 1 aliphatic heterocycles. The minimum atomic E-state index is 0.753. The fourth-order valence-corrected chi connectivity index (χ4v) is 3.37. The Morgan fingerprint density at radius 3 is 2.76 bits per heavy atom. The summed E-state index contributed by atoms with van der Waals surface area (Å²) in [5.41, 5.74) is 8.47. The predicted molar refractivity (Wildman–Crippen MR) is 91.9 cm³/mol. The second-order valence-corrected chi connectivity index (χ2v) is 6.33. The van der Waals surface area contributed by atoms with Gasteiger partial charge in [0.05, 0.1) is 0 Å². The average molecular weight is 289 g/mol. The van der Waals surface area contributed by atoms with Crippen LogP contribution in [-0.4, -0.2) is 44.2 Å². The summed E-state index contributed by atoms with van der Waals surface area (Å²) < 4.78 is 0. The molecule has 1 aliphatic rings. The van der Waals surface area contributed by atoms with Gasteiger partial charge in [0.15, 0.2) is 0 Å². The van der Waals surface area contributed by atoms with Crippen molar-refractivity contribution in [2.75, 3.05) is 38.1 Å². The van der Waals surface area contributed by atoms with E-state index >= 15 is 0 Å². The maximum Gasteiger partial charge on any atom is 0.0395 e. The Bertz CT molecular complexity index is 419. The zero-order valence-corrected chi connectivity index (χ0v) is 13.7. The maximum atomic E-state index is 5.72. The third-order valence-electron chi connectivity index (χ3n) is 4.74. The van der Waals surface area contributed by atoms with Crippen molar-refractivity contribution in [2.45, 2.75) is 45.1 Å². The number of benzene rings is 1. The van der Waals surface area contributed by atoms with E-state index in [-0.39, 0.29) is 0 Å². The zero-order valence-electron chi connectivity index (χ0n) is 13.7. The molecular weight excluding hydrogens is 258 g/mol. The Labute approximate surface area is 130 Å². The molecule has 0 aliphatic carbocycles. The van der Waals surface area contributed by atoms with Crippen molar-refractivity contribution in [1.82, 2.24) is 4.90 Å². The molecule has 1 heterocycles. The van der Waals surface area contributed by atoms with Crippen LogP contribution < -0.4 is 10.6 Å². The summed E-state index contributed by atoms with van der Waals surface area (Å²) in [5.74, 6) is 0. The number of anilines is 1. The molecule has 1 unspecified atom stereocenters. The van der Waals surface area contributed by atoms with Crippen molar-refractivity contribution in [3.63, 3.8) is 0 Å². The lowest BCUT2D eigenvalue weighted by Crippen LogP contribution is -2.39. The van der Waals surface area contributed by atoms with Crippen LogP contribution in [0.3, 0.4) is 0 Å². The fraction of sp³-hybridized carbons (Fsp3) is 0.667. The first kappa shape index (κ1) is 16.3. The highest BCUT2D eigenvalue weighted by atomic mass is 15.2. The van der Waals surface area contributed by atoms with Gasteiger partial charge in [-0.3, -0.25) is 0 Å². The van der Waals surface area contributed by atoms with E-state index in [1.165, 1.54) is 43.5 Å². The summed E-state index contributed by atoms with van der Waals surface area (Å²) in [4.78, 5) is 5.08. The molecule has 21 heavy (non-hydrogen) atoms. The van der Waals surface area contributed by atoms with E-state index in [9.17, 15) is 0 Å². The van der Waals surface area contributed by atoms with Crippen LogP contribution >= 0.6 is 0 Å². The number of hydrogen-bond donors (Lipinski definition) is 1. The molecule has 1 aromatic carbocycles. The monoisotopic (exact) mass is 289 g/mol. The number of nitrogens with two attached hydrogens (primary N) is 1. The van der Waals surface area contributed by atoms with Crippen LogP contribution in [0.4, 0.5) is 5.69 Å². The first-order chi connectivity index (χ1) is 10.2. The Hall–Kier alpha value is -1.06. The van der Waals surface area contributed by atoms with Gasteiger partial charge in [0.25, 0.3) is 0 Å². The van der Waals surface area contributed by atoms with Crippen LogP contribution in [-0.2, 0) is 0 Å². The van der Waals surface area contributed by atoms with Crippen LogP contribution in [0.5, 0.6) is 0 Å². The molecule has 3 heteroatoms. The van der Waals surface area contributed by atoms with Gasteiger partial charge in [0, 0.05) is 24.8 Å². The van der Waals surface area contributed by atoms with E-state index in [0.29, 0.717) is 0 Å². The number of likely N-dealkylation sites (tertiary alicyclic amines) is 1. The molecule has 2 N–H and O–H groups in total. The number of hydrogen-bond acceptors (Lipinski definition) is 3. The van der Waals surface area contributed by atoms with Gasteiger partial charge in [-0.05, 0) is 64.4 Å². The summed E-state index contributed by atoms with van der Waals surface area (Å²) >= 11 is 0. The van der Waals surface area contributed by atoms with E-state index in [0.717, 1.165) is 32.1 Å². The maximum absolute atomic E-state index is 5.72. The Balaban J connectivity index is 1.97. The number of piperidine rings is 1. The van der Waals surface area contributed by atoms with Gasteiger partial charge in [-0.1, -0.05) is 24.6 Å². The van der Waals surface area contributed by atoms with E-state index in [1.807, 2.05) is 0 Å². The lowest BCUT2D eigenvalue weighted by Gasteiger charge is -2.35. The average Bonchev–Trinajstić information content (AvgIpc) is 2.50. The highest BCUT2D eigenvalue weighted by molar-refractivity contribution is 5.52. The minimum absolute atomic E-state index is 0.753. The molecule has 0 bridgehead atoms. The second kappa shape index (κ2) is 8.40. The van der Waals surface area contributed by atoms with Crippen molar-refractivity contribution >= 4 is 5.69 Å². The van der Waals surface area contributed by atoms with Gasteiger partial charge in [0.1, 0.15) is 0 Å². The van der Waals surface area contributed by atoms with Crippen LogP contribution in [0, 0.1) is 6.92 Å². The molecule has 0 radical (unpaired) electrons. The van der Waals surface area contributed by atoms with E-state index < -0.39 is 0 Å². The van der Waals surface area contributed by atoms with Crippen molar-refractivity contribution in [3.05, 3.63) is 29.8 Å². The normalized spacial score (nSPS) is 19.7. The van der Waals surface area contributed by atoms with Crippen molar-refractivity contribution in [1.29, 1.82) is 0 Å². The fourth-order valence-electron chi connectivity index (χ4n) is 3.37. The summed E-state index contributed by atoms with van der Waals surface area (Å²) in [6.07, 6.45) is 6.43. The molecule has 1 aromatic rings. The quantitative estimate of drug-likeness (QED) is 0.837. The Morgan fingerprint density at radius 1 is 1.24 bits per heavy atom. The van der Waals surface area contributed by atoms with E-state index in [2.05, 4.69) is 48.0 Å². The van der Waals surface area contributed by atoms with Gasteiger partial charge in [-0.25, -0.2) is 0 Å². The van der Waals surface area contributed by atoms with Gasteiger partial charge in [-0.15, -0.1) is 0 Å². The topological polar surface area (TPSA) is 32.5 Å². The smallest absolute Gasteiger partial charge is 0.0395 e. The molecule has 1 atom stereocenters. The lowest BCUT2D eigenvalue weighted by atomic mass is 9.99. The third kappa shape index (κ3) is 4.72. The zero-order chi connectivity index (χ0) is 15.1. The molecule has 3 nitrogen and oxygen atoms in total. The van der Waals surface area contributed by atoms with Crippen LogP contribution in [0.15, 0.2) is 24.3 Å². The molecule has 1 fully saturated rings. The number of aryl methyl sites for hydroxylation is 1. The van der Waals surface area contributed by atoms with Gasteiger partial charge in [0.2, 0.25) is 0 Å². The first-order valence-corrected chi connectivity index (χ1v) is 8.43. The summed E-state index contributed by atoms with van der Waals surface area (Å²) in [5, 5.41) is 0. The molecule has 0 amide bonds. The largest absolute Gasteiger partial charge is 0.371 e. The summed E-state index contributed by atoms with van der Waals surface area (Å²) in [6, 6.07) is 9.47. The molecule has 0 aromatic heterocycles. The predicted octanol–water partition coefficient (Wildman–Crippen LogP) is 3.02. The molecule has 1 saturated heterocycles. The number of rotatable bonds is 7. The number of para-hydroxylation sites is 1. The highest BCUT2D eigenvalue weighted by Crippen LogP contribution is 2.23. The van der Waals surface area contributed by atoms with Gasteiger partial charge in [-0.2, -0.15) is 0 Å². The highest BCUT2D eigenvalue weighted by Gasteiger charge is 2.20.